The number of unbranched alkanes of at least 4 members (excludes halogenated alkanes) is 2. The number of nitro benzene ring substituents is 1. The Bertz CT molecular complexity index is 1790. The van der Waals surface area contributed by atoms with Crippen LogP contribution in [-0.4, -0.2) is 87.9 Å². The highest BCUT2D eigenvalue weighted by Gasteiger charge is 2.65. The smallest absolute Gasteiger partial charge is 0.269 e. The van der Waals surface area contributed by atoms with Gasteiger partial charge in [0, 0.05) is 62.3 Å². The van der Waals surface area contributed by atoms with Crippen LogP contribution in [0.1, 0.15) is 94.6 Å². The number of allylic oxidation sites excluding steroid dienone is 1. The van der Waals surface area contributed by atoms with Crippen molar-refractivity contribution in [2.45, 2.75) is 102 Å². The number of non-ortho nitro benzene ring substituents is 1. The van der Waals surface area contributed by atoms with Gasteiger partial charge in [-0.2, -0.15) is 0 Å². The van der Waals surface area contributed by atoms with Gasteiger partial charge < -0.3 is 39.3 Å². The molecule has 2 aromatic carbocycles. The summed E-state index contributed by atoms with van der Waals surface area (Å²) < 4.78 is 20.1. The van der Waals surface area contributed by atoms with Gasteiger partial charge >= 0.3 is 0 Å². The summed E-state index contributed by atoms with van der Waals surface area (Å²) >= 11 is 0. The number of oxime groups is 1. The van der Waals surface area contributed by atoms with E-state index in [0.717, 1.165) is 49.7 Å². The number of aliphatic hydroxyl groups excluding tert-OH is 2. The monoisotopic (exact) mass is 787 g/mol. The molecule has 1 amide bonds. The quantitative estimate of drug-likeness (QED) is 0.0428. The van der Waals surface area contributed by atoms with Gasteiger partial charge in [0.1, 0.15) is 17.5 Å². The second-order valence-corrected chi connectivity index (χ2v) is 15.4. The van der Waals surface area contributed by atoms with Gasteiger partial charge in [0.05, 0.1) is 29.8 Å². The van der Waals surface area contributed by atoms with E-state index in [-0.39, 0.29) is 61.3 Å². The summed E-state index contributed by atoms with van der Waals surface area (Å²) in [5, 5.41) is 46.7. The van der Waals surface area contributed by atoms with Crippen molar-refractivity contribution < 1.29 is 44.1 Å². The van der Waals surface area contributed by atoms with Crippen molar-refractivity contribution in [3.05, 3.63) is 94.1 Å². The molecule has 13 nitrogen and oxygen atoms in total. The standard InChI is InChI=1S/C44H57N3O10/c1-3-22-46(40(51)21-16-30-14-17-32(18-15-30)47(52)53)39-29-37(45-57-41-13-7-10-26-54-41)35-27-31(11-5-8-23-48)34(12-6-9-24-49)42-36-28-33(50)19-20-38(36)56-44(39,43(35)42)55-25-4-2/h4,14-21,27-28,31,34,39,41-43,48-50H,2-3,5-13,22-26,29H2,1H3/t31-,34+,39-,41?,42+,43+,44+/m0/s1. The maximum Gasteiger partial charge on any atom is 0.269 e. The van der Waals surface area contributed by atoms with Crippen LogP contribution >= 0.6 is 0 Å². The van der Waals surface area contributed by atoms with Gasteiger partial charge in [0.15, 0.2) is 0 Å². The highest BCUT2D eigenvalue weighted by molar-refractivity contribution is 6.03. The lowest BCUT2D eigenvalue weighted by atomic mass is 9.55. The first-order valence-corrected chi connectivity index (χ1v) is 20.5. The molecule has 2 heterocycles. The highest BCUT2D eigenvalue weighted by atomic mass is 16.8. The Morgan fingerprint density at radius 3 is 2.56 bits per heavy atom. The molecule has 2 aliphatic heterocycles. The van der Waals surface area contributed by atoms with E-state index in [1.54, 1.807) is 47.4 Å². The number of phenolic OH excluding ortho intramolecular Hbond substituents is 1. The molecule has 1 unspecified atom stereocenters. The normalized spacial score (nSPS) is 27.2. The van der Waals surface area contributed by atoms with Crippen molar-refractivity contribution in [1.82, 2.24) is 4.90 Å². The average Bonchev–Trinajstić information content (AvgIpc) is 3.22. The number of carbonyl (C=O) groups is 1. The zero-order valence-corrected chi connectivity index (χ0v) is 32.9. The first kappa shape index (κ1) is 42.1. The third kappa shape index (κ3) is 9.44. The molecule has 308 valence electrons. The number of aromatic hydroxyl groups is 1. The third-order valence-electron chi connectivity index (χ3n) is 11.7. The van der Waals surface area contributed by atoms with Gasteiger partial charge in [-0.15, -0.1) is 6.58 Å². The minimum absolute atomic E-state index is 0.0279. The van der Waals surface area contributed by atoms with Crippen LogP contribution in [0.4, 0.5) is 5.69 Å². The lowest BCUT2D eigenvalue weighted by Gasteiger charge is -2.60. The van der Waals surface area contributed by atoms with Crippen molar-refractivity contribution in [2.75, 3.05) is 33.0 Å². The molecule has 2 aliphatic carbocycles. The van der Waals surface area contributed by atoms with E-state index in [4.69, 9.17) is 24.2 Å². The van der Waals surface area contributed by atoms with Crippen molar-refractivity contribution in [2.24, 2.45) is 22.9 Å². The molecular formula is C44H57N3O10. The number of fused-ring (bicyclic) bond motifs is 2. The molecule has 2 fully saturated rings. The predicted octanol–water partition coefficient (Wildman–Crippen LogP) is 7.41. The first-order valence-electron chi connectivity index (χ1n) is 20.5. The fraction of sp³-hybridized carbons (Fsp3) is 0.545. The molecule has 6 rings (SSSR count). The Hall–Kier alpha value is -4.56. The Balaban J connectivity index is 1.53. The average molecular weight is 788 g/mol. The number of phenols is 1. The van der Waals surface area contributed by atoms with Gasteiger partial charge in [-0.05, 0) is 104 Å². The molecule has 0 spiro atoms. The molecule has 2 aromatic rings. The molecule has 57 heavy (non-hydrogen) atoms. The maximum atomic E-state index is 14.6. The molecule has 13 heteroatoms. The second-order valence-electron chi connectivity index (χ2n) is 15.4. The minimum atomic E-state index is -1.42. The second kappa shape index (κ2) is 19.7. The van der Waals surface area contributed by atoms with Gasteiger partial charge in [0.25, 0.3) is 5.69 Å². The van der Waals surface area contributed by atoms with E-state index in [9.17, 15) is 30.2 Å². The molecule has 0 radical (unpaired) electrons. The molecule has 1 saturated heterocycles. The number of hydrogen-bond acceptors (Lipinski definition) is 11. The molecule has 7 atom stereocenters. The van der Waals surface area contributed by atoms with Crippen LogP contribution in [0.2, 0.25) is 0 Å². The molecule has 0 aromatic heterocycles. The molecule has 1 saturated carbocycles. The SMILES string of the molecule is C=CCO[C@@]12Oc3ccc(O)cc3[C@H]3[C@H](CCCCO)[C@@H](CCCCO)C=C(C(=NOC4CCCCO4)C[C@@H]1N(CCC)C(=O)C=Cc1ccc([N+](=O)[O-])cc1)[C@H]32. The van der Waals surface area contributed by atoms with E-state index in [2.05, 4.69) is 12.7 Å². The van der Waals surface area contributed by atoms with Crippen molar-refractivity contribution in [3.63, 3.8) is 0 Å². The van der Waals surface area contributed by atoms with Gasteiger partial charge in [-0.1, -0.05) is 37.1 Å². The molecule has 0 bridgehead atoms. The first-order chi connectivity index (χ1) is 27.7. The summed E-state index contributed by atoms with van der Waals surface area (Å²) in [6.07, 6.45) is 14.5. The van der Waals surface area contributed by atoms with Crippen LogP contribution in [0.25, 0.3) is 6.08 Å². The number of hydrogen-bond donors (Lipinski definition) is 3. The summed E-state index contributed by atoms with van der Waals surface area (Å²) in [5.74, 6) is -1.72. The molecule has 4 aliphatic rings. The van der Waals surface area contributed by atoms with Gasteiger partial charge in [-0.3, -0.25) is 14.9 Å². The van der Waals surface area contributed by atoms with E-state index in [1.807, 2.05) is 6.92 Å². The number of benzene rings is 2. The summed E-state index contributed by atoms with van der Waals surface area (Å²) in [7, 11) is 0. The Labute approximate surface area is 334 Å². The van der Waals surface area contributed by atoms with Crippen LogP contribution in [0, 0.1) is 27.9 Å². The zero-order chi connectivity index (χ0) is 40.4. The number of rotatable bonds is 19. The van der Waals surface area contributed by atoms with Crippen LogP contribution in [0.5, 0.6) is 11.5 Å². The van der Waals surface area contributed by atoms with Crippen LogP contribution < -0.4 is 4.74 Å². The van der Waals surface area contributed by atoms with Crippen molar-refractivity contribution in [1.29, 1.82) is 0 Å². The number of carbonyl (C=O) groups excluding carboxylic acids is 1. The number of nitrogens with zero attached hydrogens (tertiary/aromatic N) is 3. The number of aliphatic hydroxyl groups is 2. The fourth-order valence-electron chi connectivity index (χ4n) is 9.21. The lowest BCUT2D eigenvalue weighted by molar-refractivity contribution is -0.384. The molecular weight excluding hydrogens is 730 g/mol. The lowest BCUT2D eigenvalue weighted by Crippen LogP contribution is -2.70. The Morgan fingerprint density at radius 2 is 1.88 bits per heavy atom. The van der Waals surface area contributed by atoms with E-state index in [0.29, 0.717) is 55.9 Å². The van der Waals surface area contributed by atoms with Crippen LogP contribution in [-0.2, 0) is 19.1 Å². The topological polar surface area (TPSA) is 173 Å². The predicted molar refractivity (Wildman–Crippen MR) is 215 cm³/mol. The van der Waals surface area contributed by atoms with Crippen LogP contribution in [0.3, 0.4) is 0 Å². The summed E-state index contributed by atoms with van der Waals surface area (Å²) in [5.41, 5.74) is 3.01. The molecule has 3 N–H and O–H groups in total. The summed E-state index contributed by atoms with van der Waals surface area (Å²) in [6.45, 7) is 7.22. The number of amides is 1. The van der Waals surface area contributed by atoms with E-state index < -0.39 is 29.0 Å². The number of ether oxygens (including phenoxy) is 3. The van der Waals surface area contributed by atoms with Crippen LogP contribution in [0.15, 0.2) is 78.0 Å². The zero-order valence-electron chi connectivity index (χ0n) is 32.9. The number of nitro groups is 1. The highest BCUT2D eigenvalue weighted by Crippen LogP contribution is 2.62. The van der Waals surface area contributed by atoms with E-state index in [1.165, 1.54) is 18.2 Å². The largest absolute Gasteiger partial charge is 0.508 e. The van der Waals surface area contributed by atoms with Crippen molar-refractivity contribution in [3.8, 4) is 11.5 Å². The maximum absolute atomic E-state index is 14.6. The van der Waals surface area contributed by atoms with Crippen molar-refractivity contribution >= 4 is 23.4 Å². The minimum Gasteiger partial charge on any atom is -0.508 e. The third-order valence-corrected chi connectivity index (χ3v) is 11.7. The fourth-order valence-corrected chi connectivity index (χ4v) is 9.21. The Kier molecular flexibility index (Phi) is 14.6. The van der Waals surface area contributed by atoms with Gasteiger partial charge in [-0.25, -0.2) is 0 Å². The summed E-state index contributed by atoms with van der Waals surface area (Å²) in [6, 6.07) is 10.5. The summed E-state index contributed by atoms with van der Waals surface area (Å²) in [4.78, 5) is 33.3. The Morgan fingerprint density at radius 1 is 1.11 bits per heavy atom. The van der Waals surface area contributed by atoms with E-state index >= 15 is 0 Å². The van der Waals surface area contributed by atoms with Gasteiger partial charge in [0.2, 0.25) is 18.0 Å².